The fourth-order valence-electron chi connectivity index (χ4n) is 2.06. The Kier molecular flexibility index (Phi) is 11.9. The Hall–Kier alpha value is 0.511. The fourth-order valence-corrected chi connectivity index (χ4v) is 2.06. The largest absolute Gasteiger partial charge is 2.00 e. The molecule has 0 saturated carbocycles. The zero-order chi connectivity index (χ0) is 13.5. The van der Waals surface area contributed by atoms with E-state index in [0.717, 1.165) is 32.1 Å². The number of hydrogen-bond acceptors (Lipinski definition) is 4. The smallest absolute Gasteiger partial charge is 0.549 e. The van der Waals surface area contributed by atoms with Crippen molar-refractivity contribution >= 4 is 60.8 Å². The van der Waals surface area contributed by atoms with Crippen molar-refractivity contribution in [1.29, 1.82) is 0 Å². The predicted molar refractivity (Wildman–Crippen MR) is 66.4 cm³/mol. The summed E-state index contributed by atoms with van der Waals surface area (Å²) in [6.07, 6.45) is 5.81. The number of aliphatic carboxylic acids is 2. The topological polar surface area (TPSA) is 80.3 Å². The first-order valence-corrected chi connectivity index (χ1v) is 6.24. The second kappa shape index (κ2) is 10.3. The number of carbonyl (C=O) groups is 2. The molecule has 0 aliphatic rings. The van der Waals surface area contributed by atoms with Crippen LogP contribution in [0.3, 0.4) is 0 Å². The van der Waals surface area contributed by atoms with Gasteiger partial charge >= 0.3 is 48.9 Å². The molecule has 5 heteroatoms. The molecule has 0 radical (unpaired) electrons. The van der Waals surface area contributed by atoms with Crippen molar-refractivity contribution in [1.82, 2.24) is 0 Å². The maximum atomic E-state index is 10.8. The van der Waals surface area contributed by atoms with Crippen molar-refractivity contribution in [3.05, 3.63) is 0 Å². The Morgan fingerprint density at radius 2 is 1.44 bits per heavy atom. The van der Waals surface area contributed by atoms with E-state index in [1.807, 2.05) is 0 Å². The summed E-state index contributed by atoms with van der Waals surface area (Å²) in [6, 6.07) is 0. The predicted octanol–water partition coefficient (Wildman–Crippen LogP) is 0.108. The molecule has 18 heavy (non-hydrogen) atoms. The van der Waals surface area contributed by atoms with Crippen LogP contribution in [-0.2, 0) is 9.59 Å². The van der Waals surface area contributed by atoms with Crippen molar-refractivity contribution in [2.24, 2.45) is 11.3 Å². The summed E-state index contributed by atoms with van der Waals surface area (Å²) >= 11 is 0. The molecule has 0 aliphatic heterocycles. The van der Waals surface area contributed by atoms with Crippen LogP contribution < -0.4 is 10.2 Å². The molecule has 0 aromatic heterocycles. The van der Waals surface area contributed by atoms with Gasteiger partial charge in [-0.05, 0) is 11.8 Å². The average Bonchev–Trinajstić information content (AvgIpc) is 2.15. The van der Waals surface area contributed by atoms with Crippen LogP contribution in [0.2, 0.25) is 0 Å². The molecule has 100 valence electrons. The summed E-state index contributed by atoms with van der Waals surface area (Å²) < 4.78 is 0. The van der Waals surface area contributed by atoms with Crippen LogP contribution in [0.4, 0.5) is 0 Å². The SMILES string of the molecule is CCCCCCCC(C)(C)C(C(=O)[O-])C(=O)[O-].[Ba+2]. The van der Waals surface area contributed by atoms with Gasteiger partial charge in [-0.15, -0.1) is 0 Å². The second-order valence-corrected chi connectivity index (χ2v) is 5.22. The van der Waals surface area contributed by atoms with Crippen LogP contribution in [0.15, 0.2) is 0 Å². The normalized spacial score (nSPS) is 11.1. The van der Waals surface area contributed by atoms with Gasteiger partial charge < -0.3 is 19.8 Å². The third kappa shape index (κ3) is 7.84. The Labute approximate surface area is 150 Å². The van der Waals surface area contributed by atoms with Gasteiger partial charge in [0.15, 0.2) is 0 Å². The summed E-state index contributed by atoms with van der Waals surface area (Å²) in [5.41, 5.74) is -0.816. The summed E-state index contributed by atoms with van der Waals surface area (Å²) in [7, 11) is 0. The molecule has 0 heterocycles. The number of rotatable bonds is 9. The molecule has 0 rings (SSSR count). The molecular weight excluding hydrogens is 357 g/mol. The molecule has 0 unspecified atom stereocenters. The zero-order valence-electron chi connectivity index (χ0n) is 11.7. The molecule has 4 nitrogen and oxygen atoms in total. The standard InChI is InChI=1S/C13H24O4.Ba/c1-4-5-6-7-8-9-13(2,3)10(11(14)15)12(16)17;/h10H,4-9H2,1-3H3,(H,14,15)(H,16,17);/q;+2/p-2. The Morgan fingerprint density at radius 1 is 1.00 bits per heavy atom. The van der Waals surface area contributed by atoms with Crippen LogP contribution in [0.1, 0.15) is 59.3 Å². The molecule has 0 bridgehead atoms. The molecule has 0 aromatic rings. The number of carboxylic acids is 2. The third-order valence-electron chi connectivity index (χ3n) is 3.18. The maximum absolute atomic E-state index is 10.8. The van der Waals surface area contributed by atoms with Crippen LogP contribution in [-0.4, -0.2) is 60.8 Å². The number of unbranched alkanes of at least 4 members (excludes halogenated alkanes) is 4. The minimum atomic E-state index is -1.55. The van der Waals surface area contributed by atoms with E-state index in [1.165, 1.54) is 0 Å². The number of carbonyl (C=O) groups excluding carboxylic acids is 2. The molecule has 0 fully saturated rings. The molecule has 0 spiro atoms. The Bertz CT molecular complexity index is 250. The van der Waals surface area contributed by atoms with E-state index in [1.54, 1.807) is 13.8 Å². The van der Waals surface area contributed by atoms with Crippen molar-refractivity contribution in [3.63, 3.8) is 0 Å². The van der Waals surface area contributed by atoms with Crippen molar-refractivity contribution in [2.45, 2.75) is 59.3 Å². The van der Waals surface area contributed by atoms with Crippen molar-refractivity contribution in [2.75, 3.05) is 0 Å². The van der Waals surface area contributed by atoms with Crippen LogP contribution in [0.5, 0.6) is 0 Å². The van der Waals surface area contributed by atoms with E-state index >= 15 is 0 Å². The molecule has 0 aliphatic carbocycles. The van der Waals surface area contributed by atoms with Gasteiger partial charge in [-0.2, -0.15) is 0 Å². The van der Waals surface area contributed by atoms with Gasteiger partial charge in [0.2, 0.25) is 0 Å². The van der Waals surface area contributed by atoms with Gasteiger partial charge in [0.05, 0.1) is 11.9 Å². The summed E-state index contributed by atoms with van der Waals surface area (Å²) in [5.74, 6) is -4.64. The first kappa shape index (κ1) is 20.8. The quantitative estimate of drug-likeness (QED) is 0.323. The molecule has 0 aromatic carbocycles. The minimum Gasteiger partial charge on any atom is -0.549 e. The molecule has 0 saturated heterocycles. The summed E-state index contributed by atoms with van der Waals surface area (Å²) in [6.45, 7) is 5.40. The van der Waals surface area contributed by atoms with E-state index in [9.17, 15) is 19.8 Å². The monoisotopic (exact) mass is 380 g/mol. The molecule has 0 atom stereocenters. The van der Waals surface area contributed by atoms with Crippen molar-refractivity contribution in [3.8, 4) is 0 Å². The zero-order valence-corrected chi connectivity index (χ0v) is 16.1. The van der Waals surface area contributed by atoms with E-state index in [0.29, 0.717) is 6.42 Å². The summed E-state index contributed by atoms with van der Waals surface area (Å²) in [5, 5.41) is 21.6. The third-order valence-corrected chi connectivity index (χ3v) is 3.18. The van der Waals surface area contributed by atoms with Gasteiger partial charge in [-0.1, -0.05) is 52.9 Å². The Morgan fingerprint density at radius 3 is 1.83 bits per heavy atom. The summed E-state index contributed by atoms with van der Waals surface area (Å²) in [4.78, 5) is 21.6. The van der Waals surface area contributed by atoms with E-state index < -0.39 is 23.3 Å². The maximum Gasteiger partial charge on any atom is 2.00 e. The van der Waals surface area contributed by atoms with Gasteiger partial charge in [0, 0.05) is 5.92 Å². The minimum absolute atomic E-state index is 0. The van der Waals surface area contributed by atoms with Gasteiger partial charge in [-0.3, -0.25) is 0 Å². The van der Waals surface area contributed by atoms with Gasteiger partial charge in [-0.25, -0.2) is 0 Å². The molecule has 0 N–H and O–H groups in total. The number of hydrogen-bond donors (Lipinski definition) is 0. The van der Waals surface area contributed by atoms with Crippen LogP contribution in [0, 0.1) is 11.3 Å². The first-order chi connectivity index (χ1) is 7.83. The van der Waals surface area contributed by atoms with Gasteiger partial charge in [0.1, 0.15) is 0 Å². The average molecular weight is 380 g/mol. The fraction of sp³-hybridized carbons (Fsp3) is 0.846. The molecular formula is C13H22BaO4. The molecule has 0 amide bonds. The Balaban J connectivity index is 0. The van der Waals surface area contributed by atoms with E-state index in [-0.39, 0.29) is 48.9 Å². The van der Waals surface area contributed by atoms with Crippen LogP contribution >= 0.6 is 0 Å². The first-order valence-electron chi connectivity index (χ1n) is 6.24. The van der Waals surface area contributed by atoms with E-state index in [4.69, 9.17) is 0 Å². The van der Waals surface area contributed by atoms with E-state index in [2.05, 4.69) is 6.92 Å². The van der Waals surface area contributed by atoms with Gasteiger partial charge in [0.25, 0.3) is 0 Å². The second-order valence-electron chi connectivity index (χ2n) is 5.22. The number of carboxylic acid groups (broad SMARTS) is 2. The van der Waals surface area contributed by atoms with Crippen LogP contribution in [0.25, 0.3) is 0 Å². The van der Waals surface area contributed by atoms with Crippen molar-refractivity contribution < 1.29 is 19.8 Å².